The number of nitrogens with one attached hydrogen (secondary N) is 2. The molecule has 2 saturated heterocycles. The van der Waals surface area contributed by atoms with Gasteiger partial charge in [-0.25, -0.2) is 17.7 Å². The van der Waals surface area contributed by atoms with Gasteiger partial charge in [0.05, 0.1) is 22.9 Å². The van der Waals surface area contributed by atoms with Gasteiger partial charge in [-0.3, -0.25) is 4.79 Å². The van der Waals surface area contributed by atoms with Gasteiger partial charge in [0.1, 0.15) is 5.82 Å². The predicted molar refractivity (Wildman–Crippen MR) is 121 cm³/mol. The maximum Gasteiger partial charge on any atom is 0.258 e. The van der Waals surface area contributed by atoms with Gasteiger partial charge < -0.3 is 15.0 Å². The summed E-state index contributed by atoms with van der Waals surface area (Å²) >= 11 is 1.81. The number of anilines is 1. The number of ether oxygens (including phenoxy) is 1. The lowest BCUT2D eigenvalue weighted by atomic mass is 10.1. The number of nitrogens with zero attached hydrogens (tertiary/aromatic N) is 2. The van der Waals surface area contributed by atoms with E-state index in [2.05, 4.69) is 15.3 Å². The summed E-state index contributed by atoms with van der Waals surface area (Å²) in [4.78, 5) is 20.1. The van der Waals surface area contributed by atoms with Crippen molar-refractivity contribution in [1.82, 2.24) is 14.3 Å². The molecule has 2 aliphatic heterocycles. The number of benzene rings is 1. The van der Waals surface area contributed by atoms with Gasteiger partial charge >= 0.3 is 0 Å². The summed E-state index contributed by atoms with van der Waals surface area (Å²) in [5.41, 5.74) is 1.38. The van der Waals surface area contributed by atoms with Crippen molar-refractivity contribution >= 4 is 38.4 Å². The fourth-order valence-corrected chi connectivity index (χ4v) is 5.95. The maximum atomic E-state index is 12.5. The molecule has 0 radical (unpaired) electrons. The molecule has 2 aliphatic rings. The van der Waals surface area contributed by atoms with E-state index in [0.717, 1.165) is 44.6 Å². The van der Waals surface area contributed by atoms with E-state index in [4.69, 9.17) is 4.74 Å². The molecule has 8 nitrogen and oxygen atoms in total. The number of thioether (sulfide) groups is 1. The molecule has 4 rings (SSSR count). The van der Waals surface area contributed by atoms with Gasteiger partial charge in [0.2, 0.25) is 10.0 Å². The molecule has 2 fully saturated rings. The predicted octanol–water partition coefficient (Wildman–Crippen LogP) is 2.17. The largest absolute Gasteiger partial charge is 0.381 e. The van der Waals surface area contributed by atoms with E-state index in [9.17, 15) is 13.2 Å². The highest BCUT2D eigenvalue weighted by Crippen LogP contribution is 2.25. The van der Waals surface area contributed by atoms with Gasteiger partial charge in [0.25, 0.3) is 5.56 Å². The molecule has 10 heteroatoms. The highest BCUT2D eigenvalue weighted by molar-refractivity contribution is 7.99. The molecule has 2 N–H and O–H groups in total. The zero-order chi connectivity index (χ0) is 21.1. The lowest BCUT2D eigenvalue weighted by Crippen LogP contribution is -2.44. The highest BCUT2D eigenvalue weighted by atomic mass is 32.2. The van der Waals surface area contributed by atoms with Crippen molar-refractivity contribution in [3.63, 3.8) is 0 Å². The third-order valence-electron chi connectivity index (χ3n) is 5.60. The third-order valence-corrected chi connectivity index (χ3v) is 8.26. The highest BCUT2D eigenvalue weighted by Gasteiger charge is 2.25. The molecule has 0 saturated carbocycles. The number of aromatic amines is 1. The molecular weight excluding hydrogens is 424 g/mol. The van der Waals surface area contributed by atoms with Crippen LogP contribution in [0.1, 0.15) is 31.5 Å². The molecular formula is C20H28N4O4S2. The van der Waals surface area contributed by atoms with E-state index >= 15 is 0 Å². The van der Waals surface area contributed by atoms with Gasteiger partial charge in [-0.05, 0) is 43.9 Å². The molecule has 0 bridgehead atoms. The van der Waals surface area contributed by atoms with E-state index < -0.39 is 10.0 Å². The summed E-state index contributed by atoms with van der Waals surface area (Å²) in [5, 5.41) is 4.52. The summed E-state index contributed by atoms with van der Waals surface area (Å²) in [6, 6.07) is 5.55. The molecule has 3 heterocycles. The Bertz CT molecular complexity index is 1050. The number of rotatable bonds is 6. The molecule has 164 valence electrons. The fraction of sp³-hybridized carbons (Fsp3) is 0.600. The van der Waals surface area contributed by atoms with Crippen LogP contribution in [0, 0.1) is 0 Å². The number of piperidine rings is 1. The molecule has 2 aromatic rings. The lowest BCUT2D eigenvalue weighted by Gasteiger charge is -2.32. The van der Waals surface area contributed by atoms with Crippen LogP contribution in [-0.4, -0.2) is 66.5 Å². The Morgan fingerprint density at radius 1 is 1.30 bits per heavy atom. The average Bonchev–Trinajstić information content (AvgIpc) is 2.72. The van der Waals surface area contributed by atoms with E-state index in [-0.39, 0.29) is 11.6 Å². The summed E-state index contributed by atoms with van der Waals surface area (Å²) in [6.45, 7) is 2.62. The minimum absolute atomic E-state index is 0.0384. The summed E-state index contributed by atoms with van der Waals surface area (Å²) < 4.78 is 30.6. The number of sulfonamides is 1. The van der Waals surface area contributed by atoms with Crippen molar-refractivity contribution in [2.75, 3.05) is 37.9 Å². The van der Waals surface area contributed by atoms with Gasteiger partial charge in [-0.1, -0.05) is 0 Å². The molecule has 1 atom stereocenters. The van der Waals surface area contributed by atoms with Crippen LogP contribution in [0.5, 0.6) is 0 Å². The van der Waals surface area contributed by atoms with Crippen molar-refractivity contribution in [2.24, 2.45) is 0 Å². The molecule has 1 aromatic carbocycles. The second kappa shape index (κ2) is 9.25. The van der Waals surface area contributed by atoms with Crippen molar-refractivity contribution < 1.29 is 13.2 Å². The topological polar surface area (TPSA) is 104 Å². The first-order chi connectivity index (χ1) is 14.4. The Balaban J connectivity index is 1.47. The van der Waals surface area contributed by atoms with E-state index in [1.165, 1.54) is 10.6 Å². The monoisotopic (exact) mass is 452 g/mol. The SMILES string of the molecule is CS(=O)(=O)N1CCC[C@@H](Nc2ccc3c(=O)[nH]c(CSC4CCOCC4)nc3c2)C1. The van der Waals surface area contributed by atoms with Crippen molar-refractivity contribution in [3.05, 3.63) is 34.4 Å². The van der Waals surface area contributed by atoms with Crippen LogP contribution >= 0.6 is 11.8 Å². The van der Waals surface area contributed by atoms with Crippen LogP contribution in [0.4, 0.5) is 5.69 Å². The standard InChI is InChI=1S/C20H28N4O4S2/c1-30(26,27)24-8-2-3-15(12-24)21-14-4-5-17-18(11-14)22-19(23-20(17)25)13-29-16-6-9-28-10-7-16/h4-5,11,15-16,21H,2-3,6-10,12-13H2,1H3,(H,22,23,25)/t15-/m1/s1. The van der Waals surface area contributed by atoms with E-state index in [0.29, 0.717) is 40.8 Å². The second-order valence-corrected chi connectivity index (χ2v) is 11.2. The van der Waals surface area contributed by atoms with Crippen LogP contribution in [0.3, 0.4) is 0 Å². The quantitative estimate of drug-likeness (QED) is 0.692. The Morgan fingerprint density at radius 3 is 2.87 bits per heavy atom. The van der Waals surface area contributed by atoms with Gasteiger partial charge in [0, 0.05) is 43.3 Å². The third kappa shape index (κ3) is 5.35. The first-order valence-electron chi connectivity index (χ1n) is 10.3. The minimum atomic E-state index is -3.19. The van der Waals surface area contributed by atoms with Crippen molar-refractivity contribution in [2.45, 2.75) is 42.7 Å². The van der Waals surface area contributed by atoms with E-state index in [1.807, 2.05) is 23.9 Å². The van der Waals surface area contributed by atoms with Crippen LogP contribution in [0.25, 0.3) is 10.9 Å². The van der Waals surface area contributed by atoms with Crippen molar-refractivity contribution in [1.29, 1.82) is 0 Å². The second-order valence-electron chi connectivity index (χ2n) is 7.97. The van der Waals surface area contributed by atoms with Gasteiger partial charge in [-0.15, -0.1) is 0 Å². The Kier molecular flexibility index (Phi) is 6.66. The molecule has 30 heavy (non-hydrogen) atoms. The first-order valence-corrected chi connectivity index (χ1v) is 13.2. The van der Waals surface area contributed by atoms with Crippen molar-refractivity contribution in [3.8, 4) is 0 Å². The van der Waals surface area contributed by atoms with Crippen LogP contribution < -0.4 is 10.9 Å². The number of H-pyrrole nitrogens is 1. The van der Waals surface area contributed by atoms with Crippen LogP contribution in [0.15, 0.2) is 23.0 Å². The smallest absolute Gasteiger partial charge is 0.258 e. The minimum Gasteiger partial charge on any atom is -0.381 e. The zero-order valence-corrected chi connectivity index (χ0v) is 18.7. The molecule has 0 aliphatic carbocycles. The molecule has 1 aromatic heterocycles. The Labute approximate surface area is 180 Å². The molecule has 0 amide bonds. The maximum absolute atomic E-state index is 12.5. The zero-order valence-electron chi connectivity index (χ0n) is 17.1. The van der Waals surface area contributed by atoms with Crippen LogP contribution in [-0.2, 0) is 20.5 Å². The Hall–Kier alpha value is -1.62. The fourth-order valence-electron chi connectivity index (χ4n) is 3.98. The summed E-state index contributed by atoms with van der Waals surface area (Å²) in [7, 11) is -3.19. The Morgan fingerprint density at radius 2 is 2.10 bits per heavy atom. The summed E-state index contributed by atoms with van der Waals surface area (Å²) in [5.74, 6) is 1.35. The van der Waals surface area contributed by atoms with E-state index in [1.54, 1.807) is 6.07 Å². The molecule has 0 spiro atoms. The lowest BCUT2D eigenvalue weighted by molar-refractivity contribution is 0.1000. The number of hydrogen-bond donors (Lipinski definition) is 2. The normalized spacial score (nSPS) is 21.7. The van der Waals surface area contributed by atoms with Gasteiger partial charge in [-0.2, -0.15) is 11.8 Å². The average molecular weight is 453 g/mol. The first kappa shape index (κ1) is 21.6. The summed E-state index contributed by atoms with van der Waals surface area (Å²) in [6.07, 6.45) is 5.04. The van der Waals surface area contributed by atoms with Gasteiger partial charge in [0.15, 0.2) is 0 Å². The van der Waals surface area contributed by atoms with Crippen LogP contribution in [0.2, 0.25) is 0 Å². The number of hydrogen-bond acceptors (Lipinski definition) is 7. The number of aromatic nitrogens is 2. The number of fused-ring (bicyclic) bond motifs is 1. The molecule has 0 unspecified atom stereocenters.